The standard InChI is InChI=1S/C24H21FN2O5/c1-14-21-19(26-27-23(28)15-5-3-6-18(13-15)30-2)7-4-8-20(21)32-22(14)24(29)31-17-11-9-16(25)10-12-17/h3,5-6,9-13H,4,7-8H2,1-2H3,(H,27,28)/b26-19+. The van der Waals surface area contributed by atoms with Gasteiger partial charge in [0.2, 0.25) is 5.76 Å². The van der Waals surface area contributed by atoms with Gasteiger partial charge >= 0.3 is 5.97 Å². The molecule has 1 aromatic heterocycles. The van der Waals surface area contributed by atoms with E-state index in [2.05, 4.69) is 10.5 Å². The third-order valence-corrected chi connectivity index (χ3v) is 5.16. The van der Waals surface area contributed by atoms with E-state index in [1.165, 1.54) is 31.4 Å². The van der Waals surface area contributed by atoms with Gasteiger partial charge < -0.3 is 13.9 Å². The van der Waals surface area contributed by atoms with Crippen molar-refractivity contribution in [2.45, 2.75) is 26.2 Å². The molecule has 0 saturated heterocycles. The van der Waals surface area contributed by atoms with Crippen molar-refractivity contribution >= 4 is 17.6 Å². The fourth-order valence-electron chi connectivity index (χ4n) is 3.58. The Kier molecular flexibility index (Phi) is 6.02. The van der Waals surface area contributed by atoms with Gasteiger partial charge in [0.05, 0.1) is 12.8 Å². The van der Waals surface area contributed by atoms with E-state index in [9.17, 15) is 14.0 Å². The quantitative estimate of drug-likeness (QED) is 0.363. The first kappa shape index (κ1) is 21.3. The summed E-state index contributed by atoms with van der Waals surface area (Å²) in [4.78, 5) is 25.1. The average Bonchev–Trinajstić information content (AvgIpc) is 3.16. The van der Waals surface area contributed by atoms with Gasteiger partial charge in [-0.15, -0.1) is 0 Å². The lowest BCUT2D eigenvalue weighted by atomic mass is 9.93. The van der Waals surface area contributed by atoms with E-state index in [-0.39, 0.29) is 17.4 Å². The topological polar surface area (TPSA) is 90.1 Å². The number of nitrogens with zero attached hydrogens (tertiary/aromatic N) is 1. The molecule has 164 valence electrons. The second-order valence-corrected chi connectivity index (χ2v) is 7.28. The lowest BCUT2D eigenvalue weighted by molar-refractivity contribution is 0.0698. The molecule has 3 aromatic rings. The molecule has 32 heavy (non-hydrogen) atoms. The highest BCUT2D eigenvalue weighted by Gasteiger charge is 2.29. The van der Waals surface area contributed by atoms with Gasteiger partial charge in [0.15, 0.2) is 0 Å². The van der Waals surface area contributed by atoms with Crippen LogP contribution in [0.1, 0.15) is 50.6 Å². The van der Waals surface area contributed by atoms with Crippen molar-refractivity contribution in [2.75, 3.05) is 7.11 Å². The highest BCUT2D eigenvalue weighted by atomic mass is 19.1. The zero-order valence-corrected chi connectivity index (χ0v) is 17.6. The number of benzene rings is 2. The maximum atomic E-state index is 13.1. The summed E-state index contributed by atoms with van der Waals surface area (Å²) in [5.41, 5.74) is 4.90. The highest BCUT2D eigenvalue weighted by molar-refractivity contribution is 6.06. The van der Waals surface area contributed by atoms with Crippen LogP contribution in [0.25, 0.3) is 0 Å². The second kappa shape index (κ2) is 9.05. The van der Waals surface area contributed by atoms with Crippen molar-refractivity contribution in [2.24, 2.45) is 5.10 Å². The molecule has 0 bridgehead atoms. The molecule has 1 heterocycles. The molecule has 0 saturated carbocycles. The maximum absolute atomic E-state index is 13.1. The molecule has 1 amide bonds. The average molecular weight is 436 g/mol. The van der Waals surface area contributed by atoms with Crippen LogP contribution in [-0.2, 0) is 6.42 Å². The van der Waals surface area contributed by atoms with Crippen molar-refractivity contribution < 1.29 is 27.9 Å². The summed E-state index contributed by atoms with van der Waals surface area (Å²) in [6, 6.07) is 11.9. The molecule has 1 aliphatic carbocycles. The van der Waals surface area contributed by atoms with Crippen molar-refractivity contribution in [3.63, 3.8) is 0 Å². The number of rotatable bonds is 5. The molecule has 1 aliphatic rings. The summed E-state index contributed by atoms with van der Waals surface area (Å²) in [6.45, 7) is 1.74. The fraction of sp³-hybridized carbons (Fsp3) is 0.208. The van der Waals surface area contributed by atoms with Crippen LogP contribution in [-0.4, -0.2) is 24.7 Å². The molecule has 0 unspecified atom stereocenters. The van der Waals surface area contributed by atoms with Crippen LogP contribution in [0.15, 0.2) is 58.0 Å². The number of carbonyl (C=O) groups is 2. The molecule has 8 heteroatoms. The first-order valence-electron chi connectivity index (χ1n) is 10.1. The molecule has 0 radical (unpaired) electrons. The molecule has 4 rings (SSSR count). The first-order chi connectivity index (χ1) is 15.5. The summed E-state index contributed by atoms with van der Waals surface area (Å²) in [6.07, 6.45) is 2.03. The molecule has 0 aliphatic heterocycles. The molecule has 0 atom stereocenters. The molecule has 0 fully saturated rings. The van der Waals surface area contributed by atoms with E-state index < -0.39 is 11.8 Å². The van der Waals surface area contributed by atoms with Gasteiger partial charge in [-0.1, -0.05) is 6.07 Å². The van der Waals surface area contributed by atoms with E-state index in [0.29, 0.717) is 46.8 Å². The lowest BCUT2D eigenvalue weighted by Gasteiger charge is -2.13. The number of amides is 1. The minimum absolute atomic E-state index is 0.0630. The number of hydrazone groups is 1. The first-order valence-corrected chi connectivity index (χ1v) is 10.1. The Balaban J connectivity index is 1.55. The van der Waals surface area contributed by atoms with E-state index in [1.807, 2.05) is 0 Å². The molecule has 0 spiro atoms. The SMILES string of the molecule is COc1cccc(C(=O)N/N=C2\CCCc3oc(C(=O)Oc4ccc(F)cc4)c(C)c32)c1. The van der Waals surface area contributed by atoms with Crippen LogP contribution >= 0.6 is 0 Å². The maximum Gasteiger partial charge on any atom is 0.379 e. The van der Waals surface area contributed by atoms with Crippen LogP contribution in [0.3, 0.4) is 0 Å². The van der Waals surface area contributed by atoms with Crippen LogP contribution in [0.2, 0.25) is 0 Å². The monoisotopic (exact) mass is 436 g/mol. The molecular formula is C24H21FN2O5. The third kappa shape index (κ3) is 4.39. The fourth-order valence-corrected chi connectivity index (χ4v) is 3.58. The highest BCUT2D eigenvalue weighted by Crippen LogP contribution is 2.30. The predicted molar refractivity (Wildman–Crippen MR) is 115 cm³/mol. The van der Waals surface area contributed by atoms with Gasteiger partial charge in [0.25, 0.3) is 5.91 Å². The van der Waals surface area contributed by atoms with E-state index >= 15 is 0 Å². The zero-order valence-electron chi connectivity index (χ0n) is 17.6. The smallest absolute Gasteiger partial charge is 0.379 e. The Labute approximate surface area is 183 Å². The van der Waals surface area contributed by atoms with E-state index in [1.54, 1.807) is 31.2 Å². The number of fused-ring (bicyclic) bond motifs is 1. The van der Waals surface area contributed by atoms with Crippen LogP contribution in [0.4, 0.5) is 4.39 Å². The number of methoxy groups -OCH3 is 1. The van der Waals surface area contributed by atoms with Gasteiger partial charge in [-0.3, -0.25) is 4.79 Å². The van der Waals surface area contributed by atoms with Gasteiger partial charge in [-0.2, -0.15) is 5.10 Å². The van der Waals surface area contributed by atoms with Crippen LogP contribution in [0.5, 0.6) is 11.5 Å². The third-order valence-electron chi connectivity index (χ3n) is 5.16. The number of carbonyl (C=O) groups excluding carboxylic acids is 2. The minimum atomic E-state index is -0.678. The zero-order chi connectivity index (χ0) is 22.7. The van der Waals surface area contributed by atoms with Gasteiger partial charge in [0, 0.05) is 23.1 Å². The Morgan fingerprint density at radius 2 is 1.88 bits per heavy atom. The number of hydrogen-bond acceptors (Lipinski definition) is 6. The number of halogens is 1. The van der Waals surface area contributed by atoms with Crippen molar-refractivity contribution in [3.8, 4) is 11.5 Å². The number of hydrogen-bond donors (Lipinski definition) is 1. The Bertz CT molecular complexity index is 1200. The summed E-state index contributed by atoms with van der Waals surface area (Å²) < 4.78 is 29.3. The Morgan fingerprint density at radius 3 is 2.62 bits per heavy atom. The number of esters is 1. The lowest BCUT2D eigenvalue weighted by Crippen LogP contribution is -2.22. The molecule has 2 aromatic carbocycles. The van der Waals surface area contributed by atoms with Crippen LogP contribution < -0.4 is 14.9 Å². The Morgan fingerprint density at radius 1 is 1.09 bits per heavy atom. The molecular weight excluding hydrogens is 415 g/mol. The van der Waals surface area contributed by atoms with Gasteiger partial charge in [0.1, 0.15) is 23.1 Å². The van der Waals surface area contributed by atoms with E-state index in [4.69, 9.17) is 13.9 Å². The molecule has 1 N–H and O–H groups in total. The second-order valence-electron chi connectivity index (χ2n) is 7.28. The Hall–Kier alpha value is -3.94. The number of furan rings is 1. The number of aryl methyl sites for hydroxylation is 1. The minimum Gasteiger partial charge on any atom is -0.497 e. The number of ether oxygens (including phenoxy) is 2. The molecule has 7 nitrogen and oxygen atoms in total. The van der Waals surface area contributed by atoms with E-state index in [0.717, 1.165) is 6.42 Å². The summed E-state index contributed by atoms with van der Waals surface area (Å²) in [5, 5.41) is 4.31. The predicted octanol–water partition coefficient (Wildman–Crippen LogP) is 4.43. The number of nitrogens with one attached hydrogen (secondary N) is 1. The largest absolute Gasteiger partial charge is 0.497 e. The van der Waals surface area contributed by atoms with Crippen molar-refractivity contribution in [3.05, 3.63) is 82.6 Å². The normalized spacial score (nSPS) is 14.0. The van der Waals surface area contributed by atoms with Gasteiger partial charge in [-0.25, -0.2) is 14.6 Å². The van der Waals surface area contributed by atoms with Crippen molar-refractivity contribution in [1.82, 2.24) is 5.43 Å². The van der Waals surface area contributed by atoms with Crippen LogP contribution in [0, 0.1) is 12.7 Å². The summed E-state index contributed by atoms with van der Waals surface area (Å²) >= 11 is 0. The summed E-state index contributed by atoms with van der Waals surface area (Å²) in [7, 11) is 1.53. The van der Waals surface area contributed by atoms with Gasteiger partial charge in [-0.05, 0) is 62.2 Å². The summed E-state index contributed by atoms with van der Waals surface area (Å²) in [5.74, 6) is -0.0118. The van der Waals surface area contributed by atoms with Crippen molar-refractivity contribution in [1.29, 1.82) is 0 Å².